The lowest BCUT2D eigenvalue weighted by Gasteiger charge is -2.04. The number of aryl methyl sites for hydroxylation is 1. The van der Waals surface area contributed by atoms with Crippen molar-refractivity contribution in [1.29, 1.82) is 0 Å². The number of benzene rings is 1. The molecule has 0 aliphatic heterocycles. The molecule has 1 amide bonds. The smallest absolute Gasteiger partial charge is 0.243 e. The van der Waals surface area contributed by atoms with Crippen LogP contribution in [0.25, 0.3) is 10.9 Å². The fourth-order valence-electron chi connectivity index (χ4n) is 2.11. The van der Waals surface area contributed by atoms with E-state index in [1.807, 2.05) is 19.2 Å². The summed E-state index contributed by atoms with van der Waals surface area (Å²) in [5.74, 6) is -0.436. The van der Waals surface area contributed by atoms with E-state index in [-0.39, 0.29) is 6.61 Å². The maximum atomic E-state index is 10.5. The standard InChI is InChI=1S/C14H19N3O2/c1-17-9-11(12-4-2-3-5-13(12)17)8-16-6-7-19-10-14(15)18/h2-5,9,16H,6-8,10H2,1H3,(H2,15,18). The first kappa shape index (κ1) is 13.6. The molecular weight excluding hydrogens is 242 g/mol. The number of hydrogen-bond donors (Lipinski definition) is 2. The molecule has 1 aromatic carbocycles. The normalized spacial score (nSPS) is 11.0. The van der Waals surface area contributed by atoms with Gasteiger partial charge in [-0.2, -0.15) is 0 Å². The van der Waals surface area contributed by atoms with Gasteiger partial charge in [-0.3, -0.25) is 4.79 Å². The van der Waals surface area contributed by atoms with Gasteiger partial charge in [0.25, 0.3) is 0 Å². The van der Waals surface area contributed by atoms with Crippen molar-refractivity contribution in [1.82, 2.24) is 9.88 Å². The second kappa shape index (κ2) is 6.36. The molecule has 5 nitrogen and oxygen atoms in total. The van der Waals surface area contributed by atoms with Gasteiger partial charge in [0.1, 0.15) is 6.61 Å². The van der Waals surface area contributed by atoms with Gasteiger partial charge < -0.3 is 20.4 Å². The van der Waals surface area contributed by atoms with E-state index in [1.54, 1.807) is 0 Å². The summed E-state index contributed by atoms with van der Waals surface area (Å²) in [6.07, 6.45) is 2.13. The summed E-state index contributed by atoms with van der Waals surface area (Å²) in [7, 11) is 2.04. The monoisotopic (exact) mass is 261 g/mol. The minimum absolute atomic E-state index is 0.0179. The third-order valence-corrected chi connectivity index (χ3v) is 2.96. The zero-order chi connectivity index (χ0) is 13.7. The maximum absolute atomic E-state index is 10.5. The predicted octanol–water partition coefficient (Wildman–Crippen LogP) is 0.770. The van der Waals surface area contributed by atoms with Crippen molar-refractivity contribution >= 4 is 16.8 Å². The minimum atomic E-state index is -0.436. The first-order valence-electron chi connectivity index (χ1n) is 6.28. The summed E-state index contributed by atoms with van der Waals surface area (Å²) in [5.41, 5.74) is 7.46. The highest BCUT2D eigenvalue weighted by Crippen LogP contribution is 2.19. The topological polar surface area (TPSA) is 69.3 Å². The molecule has 0 fully saturated rings. The molecule has 0 aliphatic rings. The lowest BCUT2D eigenvalue weighted by molar-refractivity contribution is -0.122. The average molecular weight is 261 g/mol. The van der Waals surface area contributed by atoms with Crippen LogP contribution in [0.1, 0.15) is 5.56 Å². The number of primary amides is 1. The van der Waals surface area contributed by atoms with Gasteiger partial charge in [-0.25, -0.2) is 0 Å². The Hall–Kier alpha value is -1.85. The van der Waals surface area contributed by atoms with E-state index < -0.39 is 5.91 Å². The van der Waals surface area contributed by atoms with Crippen molar-refractivity contribution in [2.24, 2.45) is 12.8 Å². The van der Waals surface area contributed by atoms with E-state index in [4.69, 9.17) is 10.5 Å². The van der Waals surface area contributed by atoms with E-state index in [0.717, 1.165) is 6.54 Å². The van der Waals surface area contributed by atoms with Crippen LogP contribution in [0.15, 0.2) is 30.5 Å². The molecule has 1 aromatic heterocycles. The van der Waals surface area contributed by atoms with Gasteiger partial charge in [0.15, 0.2) is 0 Å². The number of carbonyl (C=O) groups is 1. The third kappa shape index (κ3) is 3.56. The van der Waals surface area contributed by atoms with Crippen LogP contribution in [0, 0.1) is 0 Å². The van der Waals surface area contributed by atoms with Gasteiger partial charge in [-0.15, -0.1) is 0 Å². The van der Waals surface area contributed by atoms with Crippen LogP contribution in [0.5, 0.6) is 0 Å². The zero-order valence-corrected chi connectivity index (χ0v) is 11.1. The van der Waals surface area contributed by atoms with Gasteiger partial charge in [0.05, 0.1) is 6.61 Å². The molecule has 0 bridgehead atoms. The van der Waals surface area contributed by atoms with Gasteiger partial charge in [-0.05, 0) is 11.6 Å². The lowest BCUT2D eigenvalue weighted by Crippen LogP contribution is -2.23. The van der Waals surface area contributed by atoms with Crippen LogP contribution in [-0.2, 0) is 23.1 Å². The van der Waals surface area contributed by atoms with Crippen LogP contribution < -0.4 is 11.1 Å². The number of nitrogens with zero attached hydrogens (tertiary/aromatic N) is 1. The molecule has 2 aromatic rings. The Bertz CT molecular complexity index is 563. The van der Waals surface area contributed by atoms with Gasteiger partial charge in [0.2, 0.25) is 5.91 Å². The molecule has 0 aliphatic carbocycles. The van der Waals surface area contributed by atoms with Crippen molar-refractivity contribution in [3.8, 4) is 0 Å². The predicted molar refractivity (Wildman–Crippen MR) is 74.6 cm³/mol. The molecular formula is C14H19N3O2. The van der Waals surface area contributed by atoms with Crippen LogP contribution in [0.3, 0.4) is 0 Å². The fourth-order valence-corrected chi connectivity index (χ4v) is 2.11. The van der Waals surface area contributed by atoms with E-state index in [2.05, 4.69) is 28.2 Å². The molecule has 0 radical (unpaired) electrons. The molecule has 5 heteroatoms. The van der Waals surface area contributed by atoms with Crippen LogP contribution in [0.2, 0.25) is 0 Å². The van der Waals surface area contributed by atoms with Gasteiger partial charge >= 0.3 is 0 Å². The number of ether oxygens (including phenoxy) is 1. The molecule has 3 N–H and O–H groups in total. The van der Waals surface area contributed by atoms with Crippen LogP contribution in [-0.4, -0.2) is 30.2 Å². The SMILES string of the molecule is Cn1cc(CNCCOCC(N)=O)c2ccccc21. The van der Waals surface area contributed by atoms with Crippen molar-refractivity contribution in [2.45, 2.75) is 6.54 Å². The molecule has 102 valence electrons. The average Bonchev–Trinajstić information content (AvgIpc) is 2.71. The number of aromatic nitrogens is 1. The van der Waals surface area contributed by atoms with Crippen LogP contribution >= 0.6 is 0 Å². The quantitative estimate of drug-likeness (QED) is 0.723. The Labute approximate surface area is 112 Å². The Balaban J connectivity index is 1.83. The summed E-state index contributed by atoms with van der Waals surface area (Å²) in [6, 6.07) is 8.31. The number of fused-ring (bicyclic) bond motifs is 1. The van der Waals surface area contributed by atoms with E-state index in [9.17, 15) is 4.79 Å². The fraction of sp³-hybridized carbons (Fsp3) is 0.357. The number of para-hydroxylation sites is 1. The third-order valence-electron chi connectivity index (χ3n) is 2.96. The van der Waals surface area contributed by atoms with Crippen molar-refractivity contribution in [3.63, 3.8) is 0 Å². The summed E-state index contributed by atoms with van der Waals surface area (Å²) in [4.78, 5) is 10.5. The number of hydrogen-bond acceptors (Lipinski definition) is 3. The molecule has 19 heavy (non-hydrogen) atoms. The highest BCUT2D eigenvalue weighted by molar-refractivity contribution is 5.83. The minimum Gasteiger partial charge on any atom is -0.370 e. The first-order valence-corrected chi connectivity index (χ1v) is 6.28. The molecule has 0 spiro atoms. The Morgan fingerprint density at radius 2 is 2.21 bits per heavy atom. The van der Waals surface area contributed by atoms with Gasteiger partial charge in [-0.1, -0.05) is 18.2 Å². The first-order chi connectivity index (χ1) is 9.18. The van der Waals surface area contributed by atoms with Gasteiger partial charge in [0, 0.05) is 37.2 Å². The number of amides is 1. The number of nitrogens with two attached hydrogens (primary N) is 1. The lowest BCUT2D eigenvalue weighted by atomic mass is 10.2. The molecule has 0 atom stereocenters. The van der Waals surface area contributed by atoms with Crippen molar-refractivity contribution in [2.75, 3.05) is 19.8 Å². The van der Waals surface area contributed by atoms with E-state index in [0.29, 0.717) is 13.2 Å². The summed E-state index contributed by atoms with van der Waals surface area (Å²) in [6.45, 7) is 1.93. The number of rotatable bonds is 7. The summed E-state index contributed by atoms with van der Waals surface area (Å²) < 4.78 is 7.20. The Kier molecular flexibility index (Phi) is 4.54. The van der Waals surface area contributed by atoms with Crippen molar-refractivity contribution < 1.29 is 9.53 Å². The Morgan fingerprint density at radius 3 is 3.00 bits per heavy atom. The molecule has 2 rings (SSSR count). The molecule has 0 saturated carbocycles. The maximum Gasteiger partial charge on any atom is 0.243 e. The summed E-state index contributed by atoms with van der Waals surface area (Å²) in [5, 5.41) is 4.55. The second-order valence-corrected chi connectivity index (χ2v) is 4.48. The zero-order valence-electron chi connectivity index (χ0n) is 11.1. The molecule has 0 unspecified atom stereocenters. The molecule has 1 heterocycles. The summed E-state index contributed by atoms with van der Waals surface area (Å²) >= 11 is 0. The highest BCUT2D eigenvalue weighted by atomic mass is 16.5. The van der Waals surface area contributed by atoms with Crippen LogP contribution in [0.4, 0.5) is 0 Å². The van der Waals surface area contributed by atoms with E-state index in [1.165, 1.54) is 16.5 Å². The Morgan fingerprint density at radius 1 is 1.42 bits per heavy atom. The van der Waals surface area contributed by atoms with E-state index >= 15 is 0 Å². The second-order valence-electron chi connectivity index (χ2n) is 4.48. The number of carbonyl (C=O) groups excluding carboxylic acids is 1. The highest BCUT2D eigenvalue weighted by Gasteiger charge is 2.04. The molecule has 0 saturated heterocycles. The van der Waals surface area contributed by atoms with Crippen molar-refractivity contribution in [3.05, 3.63) is 36.0 Å². The number of nitrogens with one attached hydrogen (secondary N) is 1. The largest absolute Gasteiger partial charge is 0.370 e.